The molecular formula is C30H23ClN4O2S. The topological polar surface area (TPSA) is 57.9 Å². The van der Waals surface area contributed by atoms with Crippen LogP contribution in [-0.4, -0.2) is 22.7 Å². The Hall–Kier alpha value is -4.20. The highest BCUT2D eigenvalue weighted by molar-refractivity contribution is 7.08. The number of fused-ring (bicyclic) bond motifs is 1. The van der Waals surface area contributed by atoms with Gasteiger partial charge in [0.1, 0.15) is 9.20 Å². The van der Waals surface area contributed by atoms with E-state index < -0.39 is 0 Å². The number of carbonyl (C=O) groups is 1. The Morgan fingerprint density at radius 3 is 2.32 bits per heavy atom. The zero-order valence-electron chi connectivity index (χ0n) is 20.8. The number of carbonyl (C=O) groups excluding carboxylic acids is 1. The third kappa shape index (κ3) is 3.91. The summed E-state index contributed by atoms with van der Waals surface area (Å²) in [5, 5.41) is 6.49. The first-order valence-corrected chi connectivity index (χ1v) is 13.4. The van der Waals surface area contributed by atoms with Crippen LogP contribution in [0.3, 0.4) is 0 Å². The zero-order chi connectivity index (χ0) is 26.4. The molecule has 0 saturated carbocycles. The number of amides is 1. The van der Waals surface area contributed by atoms with E-state index in [0.29, 0.717) is 43.4 Å². The normalized spacial score (nSPS) is 17.7. The number of aromatic nitrogens is 1. The number of benzene rings is 3. The fourth-order valence-corrected chi connectivity index (χ4v) is 6.22. The van der Waals surface area contributed by atoms with E-state index in [1.165, 1.54) is 16.3 Å². The first-order chi connectivity index (χ1) is 18.5. The van der Waals surface area contributed by atoms with Gasteiger partial charge in [-0.2, -0.15) is 10.1 Å². The Balaban J connectivity index is 1.65. The van der Waals surface area contributed by atoms with Gasteiger partial charge in [0.05, 0.1) is 28.4 Å². The maximum absolute atomic E-state index is 14.1. The van der Waals surface area contributed by atoms with Gasteiger partial charge in [-0.1, -0.05) is 54.1 Å². The van der Waals surface area contributed by atoms with Crippen molar-refractivity contribution >= 4 is 63.3 Å². The molecule has 0 unspecified atom stereocenters. The molecule has 38 heavy (non-hydrogen) atoms. The lowest BCUT2D eigenvalue weighted by Crippen LogP contribution is -2.36. The van der Waals surface area contributed by atoms with Crippen LogP contribution in [0.5, 0.6) is 0 Å². The lowest BCUT2D eigenvalue weighted by molar-refractivity contribution is -0.112. The number of nitrogens with zero attached hydrogens (tertiary/aromatic N) is 4. The molecule has 0 radical (unpaired) electrons. The Morgan fingerprint density at radius 2 is 1.58 bits per heavy atom. The van der Waals surface area contributed by atoms with Crippen LogP contribution in [0.1, 0.15) is 19.4 Å². The highest BCUT2D eigenvalue weighted by Crippen LogP contribution is 2.30. The van der Waals surface area contributed by atoms with Gasteiger partial charge >= 0.3 is 0 Å². The molecule has 188 valence electrons. The fourth-order valence-electron chi connectivity index (χ4n) is 4.83. The van der Waals surface area contributed by atoms with Crippen molar-refractivity contribution in [1.82, 2.24) is 4.57 Å². The molecule has 0 bridgehead atoms. The fraction of sp³-hybridized carbons (Fsp3) is 0.100. The van der Waals surface area contributed by atoms with Gasteiger partial charge in [-0.05, 0) is 68.0 Å². The Bertz CT molecular complexity index is 1820. The van der Waals surface area contributed by atoms with Crippen molar-refractivity contribution in [3.8, 4) is 5.69 Å². The molecule has 0 fully saturated rings. The minimum atomic E-state index is -0.288. The highest BCUT2D eigenvalue weighted by Gasteiger charge is 2.32. The average Bonchev–Trinajstić information content (AvgIpc) is 3.43. The molecule has 4 aromatic rings. The van der Waals surface area contributed by atoms with Gasteiger partial charge in [-0.15, -0.1) is 11.3 Å². The van der Waals surface area contributed by atoms with Crippen molar-refractivity contribution in [2.24, 2.45) is 5.10 Å². The second kappa shape index (κ2) is 9.59. The van der Waals surface area contributed by atoms with Gasteiger partial charge in [0, 0.05) is 17.3 Å². The minimum Gasteiger partial charge on any atom is -0.340 e. The van der Waals surface area contributed by atoms with E-state index >= 15 is 0 Å². The number of likely N-dealkylation sites (N-methyl/N-ethyl adjacent to an activating group) is 1. The summed E-state index contributed by atoms with van der Waals surface area (Å²) >= 11 is 7.37. The van der Waals surface area contributed by atoms with Crippen LogP contribution in [0.25, 0.3) is 23.0 Å². The number of halogens is 1. The molecule has 3 heterocycles. The number of hydrogen-bond acceptors (Lipinski definition) is 5. The maximum Gasteiger partial charge on any atom is 0.283 e. The lowest BCUT2D eigenvalue weighted by Gasteiger charge is -2.28. The molecule has 2 aliphatic rings. The zero-order valence-corrected chi connectivity index (χ0v) is 22.3. The predicted molar refractivity (Wildman–Crippen MR) is 157 cm³/mol. The molecule has 0 saturated heterocycles. The Labute approximate surface area is 228 Å². The first-order valence-electron chi connectivity index (χ1n) is 12.2. The van der Waals surface area contributed by atoms with Crippen molar-refractivity contribution in [2.75, 3.05) is 16.5 Å². The Kier molecular flexibility index (Phi) is 6.10. The van der Waals surface area contributed by atoms with Crippen molar-refractivity contribution in [2.45, 2.75) is 13.8 Å². The molecule has 0 spiro atoms. The third-order valence-electron chi connectivity index (χ3n) is 6.60. The van der Waals surface area contributed by atoms with Crippen LogP contribution in [-0.2, 0) is 4.79 Å². The first kappa shape index (κ1) is 24.2. The van der Waals surface area contributed by atoms with E-state index in [1.54, 1.807) is 35.8 Å². The number of para-hydroxylation sites is 2. The Morgan fingerprint density at radius 1 is 0.868 bits per heavy atom. The number of anilines is 2. The summed E-state index contributed by atoms with van der Waals surface area (Å²) in [6.07, 6.45) is 4.02. The van der Waals surface area contributed by atoms with E-state index in [0.717, 1.165) is 16.9 Å². The number of rotatable bonds is 3. The summed E-state index contributed by atoms with van der Waals surface area (Å²) in [7, 11) is 0. The summed E-state index contributed by atoms with van der Waals surface area (Å²) in [6.45, 7) is 4.55. The molecular weight excluding hydrogens is 516 g/mol. The second-order valence-electron chi connectivity index (χ2n) is 8.89. The molecule has 0 aliphatic carbocycles. The van der Waals surface area contributed by atoms with Crippen LogP contribution in [0, 0.1) is 0 Å². The van der Waals surface area contributed by atoms with E-state index in [4.69, 9.17) is 11.6 Å². The van der Waals surface area contributed by atoms with Gasteiger partial charge in [0.15, 0.2) is 0 Å². The molecule has 0 N–H and O–H groups in total. The molecule has 8 heteroatoms. The summed E-state index contributed by atoms with van der Waals surface area (Å²) < 4.78 is 2.75. The third-order valence-corrected chi connectivity index (χ3v) is 8.02. The van der Waals surface area contributed by atoms with Crippen LogP contribution >= 0.6 is 22.9 Å². The molecule has 6 rings (SSSR count). The predicted octanol–water partition coefficient (Wildman–Crippen LogP) is 4.79. The van der Waals surface area contributed by atoms with E-state index in [-0.39, 0.29) is 11.5 Å². The standard InChI is InChI=1S/C30H23ClN4O2S/c1-3-33-24-12-8-7-9-20(24)13-18-25(33)27-29(37)34(22-10-5-4-6-11-22)30(38-27)26-19(2)32-35(28(26)36)23-16-14-21(31)15-17-23/h4-18H,3H2,1-2H3/b27-25?,30-26+. The number of hydrazone groups is 1. The van der Waals surface area contributed by atoms with Crippen LogP contribution in [0.4, 0.5) is 11.4 Å². The SMILES string of the molecule is CCN1C(=c2s/c(=C3/C(=O)N(c4ccc(Cl)cc4)N=C3C)n(-c3ccccc3)c2=O)C=Cc2ccccc21. The van der Waals surface area contributed by atoms with Crippen LogP contribution in [0.15, 0.2) is 94.8 Å². The minimum absolute atomic E-state index is 0.174. The smallest absolute Gasteiger partial charge is 0.283 e. The highest BCUT2D eigenvalue weighted by atomic mass is 35.5. The van der Waals surface area contributed by atoms with E-state index in [2.05, 4.69) is 29.1 Å². The maximum atomic E-state index is 14.1. The second-order valence-corrected chi connectivity index (χ2v) is 10.3. The molecule has 1 aromatic heterocycles. The summed E-state index contributed by atoms with van der Waals surface area (Å²) in [5.41, 5.74) is 5.03. The van der Waals surface area contributed by atoms with E-state index in [9.17, 15) is 9.59 Å². The number of thiazole rings is 1. The summed E-state index contributed by atoms with van der Waals surface area (Å²) in [6, 6.07) is 24.5. The molecule has 3 aromatic carbocycles. The lowest BCUT2D eigenvalue weighted by atomic mass is 10.1. The van der Waals surface area contributed by atoms with Gasteiger partial charge < -0.3 is 4.90 Å². The summed E-state index contributed by atoms with van der Waals surface area (Å²) in [4.78, 5) is 30.0. The van der Waals surface area contributed by atoms with Gasteiger partial charge in [0.2, 0.25) is 0 Å². The number of hydrogen-bond donors (Lipinski definition) is 0. The summed E-state index contributed by atoms with van der Waals surface area (Å²) in [5.74, 6) is -0.288. The molecule has 1 amide bonds. The van der Waals surface area contributed by atoms with Crippen molar-refractivity contribution in [3.05, 3.63) is 115 Å². The van der Waals surface area contributed by atoms with Crippen molar-refractivity contribution in [1.29, 1.82) is 0 Å². The molecule has 2 aliphatic heterocycles. The van der Waals surface area contributed by atoms with Gasteiger partial charge in [-0.3, -0.25) is 14.2 Å². The van der Waals surface area contributed by atoms with Crippen molar-refractivity contribution < 1.29 is 4.79 Å². The average molecular weight is 539 g/mol. The van der Waals surface area contributed by atoms with Crippen LogP contribution < -0.4 is 24.7 Å². The van der Waals surface area contributed by atoms with Crippen molar-refractivity contribution in [3.63, 3.8) is 0 Å². The molecule has 0 atom stereocenters. The quantitative estimate of drug-likeness (QED) is 0.377. The largest absolute Gasteiger partial charge is 0.340 e. The van der Waals surface area contributed by atoms with Crippen LogP contribution in [0.2, 0.25) is 5.02 Å². The monoisotopic (exact) mass is 538 g/mol. The van der Waals surface area contributed by atoms with Gasteiger partial charge in [-0.25, -0.2) is 0 Å². The van der Waals surface area contributed by atoms with Gasteiger partial charge in [0.25, 0.3) is 11.5 Å². The molecule has 6 nitrogen and oxygen atoms in total. The van der Waals surface area contributed by atoms with E-state index in [1.807, 2.05) is 54.6 Å².